The maximum Gasteiger partial charge on any atom is 0.223 e. The molecular weight excluding hydrogens is 228 g/mol. The van der Waals surface area contributed by atoms with E-state index < -0.39 is 0 Å². The highest BCUT2D eigenvalue weighted by Crippen LogP contribution is 2.30. The molecule has 0 radical (unpaired) electrons. The van der Waals surface area contributed by atoms with Crippen molar-refractivity contribution in [3.05, 3.63) is 0 Å². The summed E-state index contributed by atoms with van der Waals surface area (Å²) < 4.78 is 5.73. The van der Waals surface area contributed by atoms with Gasteiger partial charge in [0.15, 0.2) is 0 Å². The van der Waals surface area contributed by atoms with Crippen LogP contribution in [0.5, 0.6) is 0 Å². The second-order valence-corrected chi connectivity index (χ2v) is 5.60. The van der Waals surface area contributed by atoms with E-state index in [9.17, 15) is 4.79 Å². The first-order valence-corrected chi connectivity index (χ1v) is 7.40. The zero-order valence-corrected chi connectivity index (χ0v) is 11.2. The molecule has 0 aromatic rings. The largest absolute Gasteiger partial charge is 0.376 e. The van der Waals surface area contributed by atoms with Gasteiger partial charge in [-0.2, -0.15) is 0 Å². The minimum atomic E-state index is 0.140. The third kappa shape index (κ3) is 3.69. The molecule has 2 saturated carbocycles. The van der Waals surface area contributed by atoms with Gasteiger partial charge < -0.3 is 15.8 Å². The number of carbonyl (C=O) groups is 1. The Bertz CT molecular complexity index is 265. The van der Waals surface area contributed by atoms with Crippen LogP contribution in [0.3, 0.4) is 0 Å². The molecule has 2 unspecified atom stereocenters. The van der Waals surface area contributed by atoms with E-state index in [1.54, 1.807) is 0 Å². The maximum absolute atomic E-state index is 12.0. The average molecular weight is 254 g/mol. The number of nitrogens with one attached hydrogen (secondary N) is 1. The summed E-state index contributed by atoms with van der Waals surface area (Å²) >= 11 is 0. The fraction of sp³-hybridized carbons (Fsp3) is 0.929. The summed E-state index contributed by atoms with van der Waals surface area (Å²) in [6.45, 7) is 1.93. The second-order valence-electron chi connectivity index (χ2n) is 5.60. The number of ether oxygens (including phenoxy) is 1. The van der Waals surface area contributed by atoms with Crippen LogP contribution in [-0.2, 0) is 9.53 Å². The molecule has 2 atom stereocenters. The topological polar surface area (TPSA) is 64.4 Å². The molecule has 4 nitrogen and oxygen atoms in total. The van der Waals surface area contributed by atoms with E-state index in [0.717, 1.165) is 19.3 Å². The Morgan fingerprint density at radius 2 is 1.94 bits per heavy atom. The molecule has 0 aromatic heterocycles. The highest BCUT2D eigenvalue weighted by atomic mass is 16.5. The third-order valence-corrected chi connectivity index (χ3v) is 4.36. The van der Waals surface area contributed by atoms with E-state index in [-0.39, 0.29) is 11.8 Å². The van der Waals surface area contributed by atoms with Gasteiger partial charge in [-0.05, 0) is 38.1 Å². The number of hydrogen-bond donors (Lipinski definition) is 2. The van der Waals surface area contributed by atoms with Crippen molar-refractivity contribution < 1.29 is 9.53 Å². The van der Waals surface area contributed by atoms with E-state index in [4.69, 9.17) is 10.5 Å². The SMILES string of the molecule is NCC1CCCC1C(=O)NCCOC1CCCC1. The lowest BCUT2D eigenvalue weighted by Crippen LogP contribution is -2.37. The van der Waals surface area contributed by atoms with E-state index >= 15 is 0 Å². The van der Waals surface area contributed by atoms with Crippen molar-refractivity contribution in [3.63, 3.8) is 0 Å². The molecule has 3 N–H and O–H groups in total. The Morgan fingerprint density at radius 3 is 2.67 bits per heavy atom. The van der Waals surface area contributed by atoms with Crippen LogP contribution in [0.15, 0.2) is 0 Å². The minimum Gasteiger partial charge on any atom is -0.376 e. The van der Waals surface area contributed by atoms with Crippen LogP contribution in [-0.4, -0.2) is 31.7 Å². The number of hydrogen-bond acceptors (Lipinski definition) is 3. The molecule has 18 heavy (non-hydrogen) atoms. The minimum absolute atomic E-state index is 0.140. The zero-order chi connectivity index (χ0) is 12.8. The molecule has 0 aromatic carbocycles. The number of rotatable bonds is 6. The van der Waals surface area contributed by atoms with Crippen LogP contribution in [0.4, 0.5) is 0 Å². The molecule has 0 aliphatic heterocycles. The standard InChI is InChI=1S/C14H26N2O2/c15-10-11-4-3-7-13(11)14(17)16-8-9-18-12-5-1-2-6-12/h11-13H,1-10,15H2,(H,16,17). The predicted molar refractivity (Wildman–Crippen MR) is 71.1 cm³/mol. The monoisotopic (exact) mass is 254 g/mol. The maximum atomic E-state index is 12.0. The van der Waals surface area contributed by atoms with Gasteiger partial charge in [-0.1, -0.05) is 19.3 Å². The van der Waals surface area contributed by atoms with Crippen LogP contribution in [0.25, 0.3) is 0 Å². The molecule has 104 valence electrons. The lowest BCUT2D eigenvalue weighted by molar-refractivity contribution is -0.126. The summed E-state index contributed by atoms with van der Waals surface area (Å²) in [6, 6.07) is 0. The smallest absolute Gasteiger partial charge is 0.223 e. The van der Waals surface area contributed by atoms with Crippen LogP contribution in [0.1, 0.15) is 44.9 Å². The van der Waals surface area contributed by atoms with Gasteiger partial charge in [0.05, 0.1) is 12.7 Å². The summed E-state index contributed by atoms with van der Waals surface area (Å²) in [5, 5.41) is 2.99. The summed E-state index contributed by atoms with van der Waals surface area (Å²) in [5.41, 5.74) is 5.69. The van der Waals surface area contributed by atoms with Crippen molar-refractivity contribution in [2.24, 2.45) is 17.6 Å². The number of nitrogens with two attached hydrogens (primary N) is 1. The third-order valence-electron chi connectivity index (χ3n) is 4.36. The Labute approximate surface area is 110 Å². The van der Waals surface area contributed by atoms with Gasteiger partial charge in [0.25, 0.3) is 0 Å². The van der Waals surface area contributed by atoms with Crippen molar-refractivity contribution in [1.82, 2.24) is 5.32 Å². The highest BCUT2D eigenvalue weighted by molar-refractivity contribution is 5.79. The first-order chi connectivity index (χ1) is 8.81. The molecule has 0 bridgehead atoms. The Kier molecular flexibility index (Phi) is 5.45. The first-order valence-electron chi connectivity index (χ1n) is 7.40. The molecule has 2 aliphatic carbocycles. The molecule has 0 heterocycles. The summed E-state index contributed by atoms with van der Waals surface area (Å²) in [5.74, 6) is 0.709. The second kappa shape index (κ2) is 7.10. The van der Waals surface area contributed by atoms with Crippen molar-refractivity contribution in [1.29, 1.82) is 0 Å². The van der Waals surface area contributed by atoms with Crippen LogP contribution in [0.2, 0.25) is 0 Å². The van der Waals surface area contributed by atoms with Crippen molar-refractivity contribution in [2.75, 3.05) is 19.7 Å². The van der Waals surface area contributed by atoms with Gasteiger partial charge in [0, 0.05) is 12.5 Å². The van der Waals surface area contributed by atoms with Gasteiger partial charge >= 0.3 is 0 Å². The van der Waals surface area contributed by atoms with E-state index in [2.05, 4.69) is 5.32 Å². The quantitative estimate of drug-likeness (QED) is 0.705. The average Bonchev–Trinajstić information content (AvgIpc) is 3.04. The molecule has 4 heteroatoms. The molecular formula is C14H26N2O2. The Balaban J connectivity index is 1.59. The molecule has 2 rings (SSSR count). The highest BCUT2D eigenvalue weighted by Gasteiger charge is 2.31. The van der Waals surface area contributed by atoms with Crippen LogP contribution in [0, 0.1) is 11.8 Å². The normalized spacial score (nSPS) is 28.7. The molecule has 0 saturated heterocycles. The fourth-order valence-corrected chi connectivity index (χ4v) is 3.25. The Hall–Kier alpha value is -0.610. The first kappa shape index (κ1) is 13.8. The van der Waals surface area contributed by atoms with Crippen LogP contribution < -0.4 is 11.1 Å². The molecule has 1 amide bonds. The zero-order valence-electron chi connectivity index (χ0n) is 11.2. The van der Waals surface area contributed by atoms with Gasteiger partial charge in [-0.15, -0.1) is 0 Å². The van der Waals surface area contributed by atoms with Crippen molar-refractivity contribution in [3.8, 4) is 0 Å². The molecule has 2 fully saturated rings. The van der Waals surface area contributed by atoms with E-state index in [1.807, 2.05) is 0 Å². The van der Waals surface area contributed by atoms with Gasteiger partial charge in [-0.3, -0.25) is 4.79 Å². The lowest BCUT2D eigenvalue weighted by Gasteiger charge is -2.18. The van der Waals surface area contributed by atoms with E-state index in [0.29, 0.717) is 31.7 Å². The lowest BCUT2D eigenvalue weighted by atomic mass is 9.95. The van der Waals surface area contributed by atoms with Gasteiger partial charge in [0.1, 0.15) is 0 Å². The predicted octanol–water partition coefficient (Wildman–Crippen LogP) is 1.44. The van der Waals surface area contributed by atoms with Crippen LogP contribution >= 0.6 is 0 Å². The molecule has 2 aliphatic rings. The van der Waals surface area contributed by atoms with Crippen molar-refractivity contribution in [2.45, 2.75) is 51.0 Å². The van der Waals surface area contributed by atoms with Gasteiger partial charge in [0.2, 0.25) is 5.91 Å². The summed E-state index contributed by atoms with van der Waals surface area (Å²) in [4.78, 5) is 12.0. The van der Waals surface area contributed by atoms with Crippen molar-refractivity contribution >= 4 is 5.91 Å². The Morgan fingerprint density at radius 1 is 1.17 bits per heavy atom. The summed E-state index contributed by atoms with van der Waals surface area (Å²) in [7, 11) is 0. The van der Waals surface area contributed by atoms with Gasteiger partial charge in [-0.25, -0.2) is 0 Å². The number of carbonyl (C=O) groups excluding carboxylic acids is 1. The summed E-state index contributed by atoms with van der Waals surface area (Å²) in [6.07, 6.45) is 8.62. The molecule has 0 spiro atoms. The van der Waals surface area contributed by atoms with E-state index in [1.165, 1.54) is 25.7 Å². The fourth-order valence-electron chi connectivity index (χ4n) is 3.25. The number of amides is 1.